The Morgan fingerprint density at radius 3 is 2.04 bits per heavy atom. The van der Waals surface area contributed by atoms with Crippen molar-refractivity contribution in [2.75, 3.05) is 47.7 Å². The third kappa shape index (κ3) is 15.5. The lowest BCUT2D eigenvalue weighted by Gasteiger charge is -2.41. The molecule has 0 bridgehead atoms. The van der Waals surface area contributed by atoms with E-state index in [-0.39, 0.29) is 108 Å². The average Bonchev–Trinajstić information content (AvgIpc) is 3.90. The molecule has 15 heteroatoms. The van der Waals surface area contributed by atoms with Crippen LogP contribution < -0.4 is 0 Å². The lowest BCUT2D eigenvalue weighted by Crippen LogP contribution is -2.54. The molecule has 1 aromatic carbocycles. The second kappa shape index (κ2) is 28.0. The van der Waals surface area contributed by atoms with Gasteiger partial charge in [-0.2, -0.15) is 11.8 Å². The number of hydrogen-bond acceptors (Lipinski definition) is 11. The molecule has 0 N–H and O–H groups in total. The highest BCUT2D eigenvalue weighted by Crippen LogP contribution is 2.32. The lowest BCUT2D eigenvalue weighted by atomic mass is 9.83. The molecule has 10 atom stereocenters. The summed E-state index contributed by atoms with van der Waals surface area (Å²) in [4.78, 5) is 114. The normalized spacial score (nSPS) is 19.9. The number of Topliss-reactive ketones (excluding diaryl/α,β-unsaturated/α-hetero) is 3. The first kappa shape index (κ1) is 58.4. The molecule has 0 saturated carbocycles. The van der Waals surface area contributed by atoms with Gasteiger partial charge in [0.05, 0.1) is 42.0 Å². The number of methoxy groups -OCH3 is 2. The van der Waals surface area contributed by atoms with E-state index in [0.717, 1.165) is 12.0 Å². The molecule has 2 aliphatic rings. The topological polar surface area (TPSA) is 168 Å². The van der Waals surface area contributed by atoms with Gasteiger partial charge in [0.1, 0.15) is 11.6 Å². The molecule has 1 unspecified atom stereocenters. The minimum atomic E-state index is -0.743. The zero-order valence-electron chi connectivity index (χ0n) is 43.5. The Morgan fingerprint density at radius 1 is 0.838 bits per heavy atom. The van der Waals surface area contributed by atoms with E-state index >= 15 is 0 Å². The van der Waals surface area contributed by atoms with Gasteiger partial charge in [-0.05, 0) is 68.6 Å². The number of thioether (sulfide) groups is 1. The summed E-state index contributed by atoms with van der Waals surface area (Å²) in [6.45, 7) is 15.8. The minimum Gasteiger partial charge on any atom is -0.379 e. The molecule has 382 valence electrons. The van der Waals surface area contributed by atoms with Crippen molar-refractivity contribution < 1.29 is 47.8 Å². The minimum absolute atomic E-state index is 0.0114. The molecular weight excluding hydrogens is 885 g/mol. The fourth-order valence-corrected chi connectivity index (χ4v) is 11.0. The zero-order valence-corrected chi connectivity index (χ0v) is 44.3. The molecule has 3 rings (SSSR count). The summed E-state index contributed by atoms with van der Waals surface area (Å²) in [7, 11) is 6.47. The van der Waals surface area contributed by atoms with Crippen LogP contribution in [0.25, 0.3) is 0 Å². The summed E-state index contributed by atoms with van der Waals surface area (Å²) in [5.74, 6) is -3.43. The maximum atomic E-state index is 14.7. The molecular formula is C53H84N4O10S. The smallest absolute Gasteiger partial charge is 0.242 e. The molecule has 0 spiro atoms. The molecule has 2 heterocycles. The average molecular weight is 969 g/mol. The van der Waals surface area contributed by atoms with Gasteiger partial charge in [-0.3, -0.25) is 43.3 Å². The first-order chi connectivity index (χ1) is 32.1. The molecule has 68 heavy (non-hydrogen) atoms. The van der Waals surface area contributed by atoms with Crippen molar-refractivity contribution in [2.24, 2.45) is 35.5 Å². The van der Waals surface area contributed by atoms with Crippen molar-refractivity contribution in [3.8, 4) is 0 Å². The number of unbranched alkanes of at least 4 members (excludes halogenated alkanes) is 2. The highest BCUT2D eigenvalue weighted by atomic mass is 32.2. The van der Waals surface area contributed by atoms with Crippen LogP contribution in [0.1, 0.15) is 132 Å². The first-order valence-corrected chi connectivity index (χ1v) is 26.3. The van der Waals surface area contributed by atoms with Crippen LogP contribution in [-0.2, 0) is 54.3 Å². The Bertz CT molecular complexity index is 1860. The fraction of sp³-hybridized carbons (Fsp3) is 0.736. The van der Waals surface area contributed by atoms with Crippen LogP contribution in [0.2, 0.25) is 0 Å². The fourth-order valence-electron chi connectivity index (χ4n) is 10.4. The number of carbonyl (C=O) groups is 8. The number of likely N-dealkylation sites (N-methyl/N-ethyl adjacent to an activating group) is 2. The number of nitrogens with zero attached hydrogens (tertiary/aromatic N) is 4. The third-order valence-electron chi connectivity index (χ3n) is 14.8. The van der Waals surface area contributed by atoms with E-state index in [1.54, 1.807) is 38.1 Å². The van der Waals surface area contributed by atoms with E-state index in [1.165, 1.54) is 28.5 Å². The molecule has 1 aromatic rings. The molecule has 0 aromatic heterocycles. The van der Waals surface area contributed by atoms with Crippen LogP contribution in [0.4, 0.5) is 0 Å². The molecule has 2 aliphatic heterocycles. The van der Waals surface area contributed by atoms with Crippen molar-refractivity contribution >= 4 is 58.6 Å². The highest BCUT2D eigenvalue weighted by molar-refractivity contribution is 8.00. The van der Waals surface area contributed by atoms with Gasteiger partial charge in [0.2, 0.25) is 29.5 Å². The van der Waals surface area contributed by atoms with E-state index < -0.39 is 42.0 Å². The van der Waals surface area contributed by atoms with Crippen LogP contribution in [-0.4, -0.2) is 150 Å². The SMILES string of the molecule is CC[C@H](C)[C@@H]([C@@H](CC(=O)N1CCC[C@H]1[C@H](OC)[C@@H](C)C(=O)C[C@@H](Cc1ccccc1)C(C)=O)OC)N(C)C(=O)[C@@H](CC(=O)[C@H](C(C)C)N(C)C(=O)CCCCCN1C(=O)CC(SC)C1=O)C(C)C. The van der Waals surface area contributed by atoms with E-state index in [4.69, 9.17) is 9.47 Å². The Balaban J connectivity index is 1.70. The third-order valence-corrected chi connectivity index (χ3v) is 15.7. The van der Waals surface area contributed by atoms with Gasteiger partial charge in [0, 0.05) is 84.8 Å². The summed E-state index contributed by atoms with van der Waals surface area (Å²) in [6.07, 6.45) is 5.35. The van der Waals surface area contributed by atoms with Gasteiger partial charge in [-0.25, -0.2) is 0 Å². The van der Waals surface area contributed by atoms with Crippen LogP contribution >= 0.6 is 11.8 Å². The predicted octanol–water partition coefficient (Wildman–Crippen LogP) is 7.08. The molecule has 0 radical (unpaired) electrons. The molecule has 5 amide bonds. The van der Waals surface area contributed by atoms with Gasteiger partial charge in [0.25, 0.3) is 0 Å². The lowest BCUT2D eigenvalue weighted by molar-refractivity contribution is -0.149. The van der Waals surface area contributed by atoms with Crippen molar-refractivity contribution in [1.82, 2.24) is 19.6 Å². The van der Waals surface area contributed by atoms with Gasteiger partial charge >= 0.3 is 0 Å². The number of carbonyl (C=O) groups excluding carboxylic acids is 8. The number of hydrogen-bond donors (Lipinski definition) is 0. The van der Waals surface area contributed by atoms with E-state index in [0.29, 0.717) is 51.6 Å². The number of ether oxygens (including phenoxy) is 2. The standard InChI is InChI=1S/C53H84N4O10S/c1-14-35(6)50(44(66-11)31-47(62)56-27-21-24-41(56)51(67-12)36(7)42(59)29-39(37(8)58)28-38-22-17-15-18-23-38)55(10)52(64)40(33(2)3)30-43(60)49(34(4)5)54(9)46(61)25-19-16-20-26-57-48(63)32-45(68-13)53(57)65/h15,17-18,22-23,33-36,39-41,44-45,49-51H,14,16,19-21,24-32H2,1-13H3/t35-,36-,39+,40-,41-,44+,45?,49-,50-,51+/m0/s1. The number of amides is 5. The molecule has 0 aliphatic carbocycles. The number of rotatable bonds is 30. The summed E-state index contributed by atoms with van der Waals surface area (Å²) in [5, 5.41) is -0.320. The molecule has 14 nitrogen and oxygen atoms in total. The highest BCUT2D eigenvalue weighted by Gasteiger charge is 2.44. The van der Waals surface area contributed by atoms with Crippen molar-refractivity contribution in [1.29, 1.82) is 0 Å². The number of ketones is 3. The van der Waals surface area contributed by atoms with E-state index in [2.05, 4.69) is 0 Å². The number of benzene rings is 1. The Labute approximate surface area is 411 Å². The summed E-state index contributed by atoms with van der Waals surface area (Å²) < 4.78 is 12.1. The van der Waals surface area contributed by atoms with Crippen molar-refractivity contribution in [2.45, 2.75) is 168 Å². The van der Waals surface area contributed by atoms with Crippen molar-refractivity contribution in [3.05, 3.63) is 35.9 Å². The quantitative estimate of drug-likeness (QED) is 0.0571. The van der Waals surface area contributed by atoms with Crippen LogP contribution in [0, 0.1) is 35.5 Å². The van der Waals surface area contributed by atoms with E-state index in [1.807, 2.05) is 85.1 Å². The van der Waals surface area contributed by atoms with Gasteiger partial charge in [-0.15, -0.1) is 0 Å². The second-order valence-corrected chi connectivity index (χ2v) is 21.1. The van der Waals surface area contributed by atoms with Crippen LogP contribution in [0.5, 0.6) is 0 Å². The predicted molar refractivity (Wildman–Crippen MR) is 267 cm³/mol. The summed E-state index contributed by atoms with van der Waals surface area (Å²) >= 11 is 1.38. The maximum absolute atomic E-state index is 14.7. The summed E-state index contributed by atoms with van der Waals surface area (Å²) in [5.41, 5.74) is 0.989. The monoisotopic (exact) mass is 969 g/mol. The maximum Gasteiger partial charge on any atom is 0.242 e. The van der Waals surface area contributed by atoms with Gasteiger partial charge < -0.3 is 24.2 Å². The second-order valence-electron chi connectivity index (χ2n) is 20.1. The molecule has 2 fully saturated rings. The Kier molecular flexibility index (Phi) is 24.1. The van der Waals surface area contributed by atoms with Crippen LogP contribution in [0.3, 0.4) is 0 Å². The zero-order chi connectivity index (χ0) is 51.0. The number of likely N-dealkylation sites (tertiary alicyclic amines) is 2. The molecule has 2 saturated heterocycles. The van der Waals surface area contributed by atoms with Gasteiger partial charge in [-0.1, -0.05) is 91.6 Å². The summed E-state index contributed by atoms with van der Waals surface area (Å²) in [6, 6.07) is 8.04. The van der Waals surface area contributed by atoms with Crippen LogP contribution in [0.15, 0.2) is 30.3 Å². The number of imide groups is 1. The first-order valence-electron chi connectivity index (χ1n) is 25.0. The largest absolute Gasteiger partial charge is 0.379 e. The van der Waals surface area contributed by atoms with Gasteiger partial charge in [0.15, 0.2) is 5.78 Å². The Hall–Kier alpha value is -3.95. The van der Waals surface area contributed by atoms with Crippen molar-refractivity contribution in [3.63, 3.8) is 0 Å². The Morgan fingerprint density at radius 2 is 1.50 bits per heavy atom. The van der Waals surface area contributed by atoms with E-state index in [9.17, 15) is 38.4 Å².